The summed E-state index contributed by atoms with van der Waals surface area (Å²) in [6.45, 7) is 1.88. The van der Waals surface area contributed by atoms with Crippen LogP contribution in [-0.4, -0.2) is 9.97 Å². The maximum absolute atomic E-state index is 5.61. The molecule has 0 fully saturated rings. The Bertz CT molecular complexity index is 238. The van der Waals surface area contributed by atoms with Crippen LogP contribution in [0.1, 0.15) is 5.69 Å². The van der Waals surface area contributed by atoms with Gasteiger partial charge in [-0.3, -0.25) is 0 Å². The molecule has 0 saturated carbocycles. The van der Waals surface area contributed by atoms with Crippen molar-refractivity contribution < 1.29 is 0 Å². The van der Waals surface area contributed by atoms with Gasteiger partial charge in [-0.2, -0.15) is 0 Å². The normalized spacial score (nSPS) is 9.90. The van der Waals surface area contributed by atoms with E-state index < -0.39 is 0 Å². The summed E-state index contributed by atoms with van der Waals surface area (Å²) >= 11 is 4.16. The van der Waals surface area contributed by atoms with E-state index in [1.54, 1.807) is 0 Å². The molecule has 0 radical (unpaired) electrons. The summed E-state index contributed by atoms with van der Waals surface area (Å²) in [5.41, 5.74) is 7.15. The molecule has 0 spiro atoms. The zero-order chi connectivity index (χ0) is 7.72. The monoisotopic (exact) mass is 361 g/mol. The number of rotatable bonds is 0. The molecule has 0 aromatic carbocycles. The first-order chi connectivity index (χ1) is 4.61. The average Bonchev–Trinajstić information content (AvgIpc) is 1.82. The van der Waals surface area contributed by atoms with Gasteiger partial charge in [-0.15, -0.1) is 0 Å². The smallest absolute Gasteiger partial charge is 0.192 e. The predicted molar refractivity (Wildman–Crippen MR) is 56.6 cm³/mol. The van der Waals surface area contributed by atoms with Crippen LogP contribution < -0.4 is 5.73 Å². The Balaban J connectivity index is 3.31. The molecular weight excluding hydrogens is 356 g/mol. The average molecular weight is 361 g/mol. The van der Waals surface area contributed by atoms with E-state index in [1.807, 2.05) is 6.92 Å². The molecule has 1 rings (SSSR count). The molecule has 0 bridgehead atoms. The Kier molecular flexibility index (Phi) is 2.67. The van der Waals surface area contributed by atoms with Gasteiger partial charge in [0.1, 0.15) is 3.70 Å². The first-order valence-electron chi connectivity index (χ1n) is 2.56. The minimum Gasteiger partial charge on any atom is -0.395 e. The number of hydrogen-bond acceptors (Lipinski definition) is 3. The summed E-state index contributed by atoms with van der Waals surface area (Å²) in [5.74, 6) is 0. The van der Waals surface area contributed by atoms with Crippen LogP contribution in [0.3, 0.4) is 0 Å². The minimum absolute atomic E-state index is 0.681. The minimum atomic E-state index is 0.681. The van der Waals surface area contributed by atoms with Crippen molar-refractivity contribution in [3.05, 3.63) is 13.2 Å². The van der Waals surface area contributed by atoms with Gasteiger partial charge in [-0.1, -0.05) is 0 Å². The van der Waals surface area contributed by atoms with Gasteiger partial charge in [0.25, 0.3) is 0 Å². The molecular formula is C5H5I2N3. The fourth-order valence-electron chi connectivity index (χ4n) is 0.514. The van der Waals surface area contributed by atoms with Gasteiger partial charge in [0, 0.05) is 22.6 Å². The lowest BCUT2D eigenvalue weighted by molar-refractivity contribution is 1.04. The van der Waals surface area contributed by atoms with Gasteiger partial charge in [-0.25, -0.2) is 9.97 Å². The number of hydrogen-bond donors (Lipinski definition) is 1. The number of nitrogens with zero attached hydrogens (tertiary/aromatic N) is 2. The first-order valence-corrected chi connectivity index (χ1v) is 4.72. The molecule has 2 N–H and O–H groups in total. The van der Waals surface area contributed by atoms with Crippen molar-refractivity contribution in [3.63, 3.8) is 0 Å². The summed E-state index contributed by atoms with van der Waals surface area (Å²) in [7, 11) is 0. The van der Waals surface area contributed by atoms with E-state index >= 15 is 0 Å². The number of aromatic nitrogens is 2. The van der Waals surface area contributed by atoms with Crippen molar-refractivity contribution in [2.75, 3.05) is 5.73 Å². The molecule has 0 amide bonds. The van der Waals surface area contributed by atoms with Gasteiger partial charge < -0.3 is 5.73 Å². The van der Waals surface area contributed by atoms with E-state index in [1.165, 1.54) is 0 Å². The summed E-state index contributed by atoms with van der Waals surface area (Å²) in [4.78, 5) is 8.15. The fraction of sp³-hybridized carbons (Fsp3) is 0.200. The zero-order valence-electron chi connectivity index (χ0n) is 5.23. The molecule has 3 nitrogen and oxygen atoms in total. The summed E-state index contributed by atoms with van der Waals surface area (Å²) in [5, 5.41) is 0. The molecule has 0 aliphatic rings. The van der Waals surface area contributed by atoms with Gasteiger partial charge in [0.15, 0.2) is 3.83 Å². The number of aryl methyl sites for hydroxylation is 1. The highest BCUT2D eigenvalue weighted by Gasteiger charge is 2.02. The third-order valence-electron chi connectivity index (χ3n) is 1.06. The van der Waals surface area contributed by atoms with Crippen LogP contribution >= 0.6 is 45.2 Å². The highest BCUT2D eigenvalue weighted by Crippen LogP contribution is 2.15. The van der Waals surface area contributed by atoms with Crippen molar-refractivity contribution in [2.45, 2.75) is 6.92 Å². The number of nitrogen functional groups attached to an aromatic ring is 1. The van der Waals surface area contributed by atoms with Crippen molar-refractivity contribution >= 4 is 50.9 Å². The third-order valence-corrected chi connectivity index (χ3v) is 2.37. The van der Waals surface area contributed by atoms with Crippen LogP contribution in [0.4, 0.5) is 5.69 Å². The van der Waals surface area contributed by atoms with Crippen LogP contribution in [0.15, 0.2) is 0 Å². The van der Waals surface area contributed by atoms with E-state index in [2.05, 4.69) is 55.1 Å². The standard InChI is InChI=1S/C5H5I2N3/c1-2-3(8)4(6)10-5(7)9-2/h8H2,1H3. The maximum Gasteiger partial charge on any atom is 0.192 e. The Morgan fingerprint density at radius 3 is 2.40 bits per heavy atom. The van der Waals surface area contributed by atoms with Crippen LogP contribution in [0, 0.1) is 14.5 Å². The fourth-order valence-corrected chi connectivity index (χ4v) is 2.20. The van der Waals surface area contributed by atoms with Crippen molar-refractivity contribution in [3.8, 4) is 0 Å². The lowest BCUT2D eigenvalue weighted by Crippen LogP contribution is -2.01. The first kappa shape index (κ1) is 8.44. The van der Waals surface area contributed by atoms with Crippen LogP contribution in [0.25, 0.3) is 0 Å². The zero-order valence-corrected chi connectivity index (χ0v) is 9.54. The Morgan fingerprint density at radius 2 is 1.90 bits per heavy atom. The van der Waals surface area contributed by atoms with E-state index in [0.29, 0.717) is 5.69 Å². The van der Waals surface area contributed by atoms with E-state index in [9.17, 15) is 0 Å². The molecule has 0 aliphatic heterocycles. The number of anilines is 1. The molecule has 0 saturated heterocycles. The molecule has 5 heteroatoms. The second-order valence-electron chi connectivity index (χ2n) is 1.78. The van der Waals surface area contributed by atoms with Gasteiger partial charge >= 0.3 is 0 Å². The Labute approximate surface area is 86.1 Å². The Morgan fingerprint density at radius 1 is 1.30 bits per heavy atom. The van der Waals surface area contributed by atoms with Gasteiger partial charge in [0.2, 0.25) is 0 Å². The topological polar surface area (TPSA) is 51.8 Å². The number of nitrogens with two attached hydrogens (primary N) is 1. The van der Waals surface area contributed by atoms with Crippen LogP contribution in [0.5, 0.6) is 0 Å². The molecule has 1 aromatic heterocycles. The Hall–Kier alpha value is 0.340. The van der Waals surface area contributed by atoms with Gasteiger partial charge in [0.05, 0.1) is 11.4 Å². The third kappa shape index (κ3) is 1.68. The van der Waals surface area contributed by atoms with Gasteiger partial charge in [-0.05, 0) is 29.5 Å². The molecule has 10 heavy (non-hydrogen) atoms. The molecule has 0 unspecified atom stereocenters. The quantitative estimate of drug-likeness (QED) is 0.434. The largest absolute Gasteiger partial charge is 0.395 e. The predicted octanol–water partition coefficient (Wildman–Crippen LogP) is 1.58. The van der Waals surface area contributed by atoms with E-state index in [4.69, 9.17) is 5.73 Å². The second-order valence-corrected chi connectivity index (χ2v) is 3.77. The molecule has 0 atom stereocenters. The maximum atomic E-state index is 5.61. The summed E-state index contributed by atoms with van der Waals surface area (Å²) < 4.78 is 1.57. The SMILES string of the molecule is Cc1nc(I)nc(I)c1N. The van der Waals surface area contributed by atoms with Crippen molar-refractivity contribution in [1.29, 1.82) is 0 Å². The van der Waals surface area contributed by atoms with E-state index in [0.717, 1.165) is 13.2 Å². The lowest BCUT2D eigenvalue weighted by atomic mass is 10.4. The van der Waals surface area contributed by atoms with Crippen LogP contribution in [0.2, 0.25) is 0 Å². The molecule has 54 valence electrons. The van der Waals surface area contributed by atoms with E-state index in [-0.39, 0.29) is 0 Å². The highest BCUT2D eigenvalue weighted by molar-refractivity contribution is 14.1. The number of halogens is 2. The molecule has 1 aromatic rings. The molecule has 1 heterocycles. The summed E-state index contributed by atoms with van der Waals surface area (Å²) in [6, 6.07) is 0. The van der Waals surface area contributed by atoms with Crippen molar-refractivity contribution in [2.24, 2.45) is 0 Å². The summed E-state index contributed by atoms with van der Waals surface area (Å²) in [6.07, 6.45) is 0. The van der Waals surface area contributed by atoms with Crippen LogP contribution in [-0.2, 0) is 0 Å². The lowest BCUT2D eigenvalue weighted by Gasteiger charge is -2.00. The van der Waals surface area contributed by atoms with Crippen molar-refractivity contribution in [1.82, 2.24) is 9.97 Å². The second kappa shape index (κ2) is 3.16. The molecule has 0 aliphatic carbocycles. The highest BCUT2D eigenvalue weighted by atomic mass is 127.